The molecule has 0 unspecified atom stereocenters. The van der Waals surface area contributed by atoms with Gasteiger partial charge in [0.1, 0.15) is 0 Å². The Bertz CT molecular complexity index is 612. The summed E-state index contributed by atoms with van der Waals surface area (Å²) in [5, 5.41) is 4.04. The van der Waals surface area contributed by atoms with E-state index in [2.05, 4.69) is 64.1 Å². The minimum Gasteiger partial charge on any atom is -0.340 e. The first kappa shape index (κ1) is 16.1. The van der Waals surface area contributed by atoms with E-state index in [1.807, 2.05) is 6.92 Å². The quantitative estimate of drug-likeness (QED) is 0.820. The number of nitrogens with zero attached hydrogens (tertiary/aromatic N) is 4. The Labute approximate surface area is 138 Å². The van der Waals surface area contributed by atoms with Gasteiger partial charge >= 0.3 is 0 Å². The van der Waals surface area contributed by atoms with Gasteiger partial charge in [0, 0.05) is 32.1 Å². The molecule has 0 aliphatic carbocycles. The van der Waals surface area contributed by atoms with E-state index in [1.165, 1.54) is 12.0 Å². The summed E-state index contributed by atoms with van der Waals surface area (Å²) in [5.41, 5.74) is 1.39. The minimum absolute atomic E-state index is 0.465. The Morgan fingerprint density at radius 2 is 2.13 bits per heavy atom. The Balaban J connectivity index is 1.61. The molecule has 0 amide bonds. The molecule has 1 aliphatic heterocycles. The van der Waals surface area contributed by atoms with Crippen molar-refractivity contribution in [3.05, 3.63) is 47.6 Å². The first-order valence-corrected chi connectivity index (χ1v) is 8.49. The van der Waals surface area contributed by atoms with Crippen molar-refractivity contribution < 1.29 is 4.52 Å². The molecule has 0 bridgehead atoms. The standard InChI is InChI=1S/C18H26N4O/c1-4-21(13-18-19-15(3)23-20-18)17-10-11-22(12-17)14(2)16-8-6-5-7-9-16/h5-9,14,17H,4,10-13H2,1-3H3/t14-,17+/m0/s1. The fraction of sp³-hybridized carbons (Fsp3) is 0.556. The summed E-state index contributed by atoms with van der Waals surface area (Å²) >= 11 is 0. The fourth-order valence-corrected chi connectivity index (χ4v) is 3.45. The lowest BCUT2D eigenvalue weighted by Crippen LogP contribution is -2.37. The van der Waals surface area contributed by atoms with Crippen LogP contribution in [0.4, 0.5) is 0 Å². The Kier molecular flexibility index (Phi) is 5.08. The van der Waals surface area contributed by atoms with Gasteiger partial charge < -0.3 is 4.52 Å². The van der Waals surface area contributed by atoms with Crippen LogP contribution in [-0.2, 0) is 6.54 Å². The van der Waals surface area contributed by atoms with E-state index in [9.17, 15) is 0 Å². The largest absolute Gasteiger partial charge is 0.340 e. The summed E-state index contributed by atoms with van der Waals surface area (Å²) < 4.78 is 5.09. The highest BCUT2D eigenvalue weighted by Gasteiger charge is 2.30. The SMILES string of the molecule is CCN(Cc1noc(C)n1)[C@@H]1CCN([C@@H](C)c2ccccc2)C1. The molecule has 2 atom stereocenters. The van der Waals surface area contributed by atoms with Crippen molar-refractivity contribution in [1.82, 2.24) is 19.9 Å². The average Bonchev–Trinajstić information content (AvgIpc) is 3.22. The highest BCUT2D eigenvalue weighted by atomic mass is 16.5. The van der Waals surface area contributed by atoms with Gasteiger partial charge in [-0.2, -0.15) is 4.98 Å². The van der Waals surface area contributed by atoms with Crippen molar-refractivity contribution >= 4 is 0 Å². The van der Waals surface area contributed by atoms with E-state index in [4.69, 9.17) is 4.52 Å². The molecule has 0 radical (unpaired) electrons. The molecular formula is C18H26N4O. The van der Waals surface area contributed by atoms with Crippen molar-refractivity contribution in [3.63, 3.8) is 0 Å². The third-order valence-electron chi connectivity index (χ3n) is 4.86. The number of likely N-dealkylation sites (tertiary alicyclic amines) is 1. The number of benzene rings is 1. The van der Waals surface area contributed by atoms with Gasteiger partial charge in [-0.3, -0.25) is 9.80 Å². The second-order valence-electron chi connectivity index (χ2n) is 6.32. The van der Waals surface area contributed by atoms with E-state index in [0.29, 0.717) is 18.0 Å². The fourth-order valence-electron chi connectivity index (χ4n) is 3.45. The van der Waals surface area contributed by atoms with Crippen LogP contribution in [0.15, 0.2) is 34.9 Å². The minimum atomic E-state index is 0.465. The molecule has 23 heavy (non-hydrogen) atoms. The van der Waals surface area contributed by atoms with E-state index in [-0.39, 0.29) is 0 Å². The van der Waals surface area contributed by atoms with Crippen LogP contribution in [-0.4, -0.2) is 45.6 Å². The number of rotatable bonds is 6. The Morgan fingerprint density at radius 1 is 1.35 bits per heavy atom. The molecule has 1 aromatic carbocycles. The highest BCUT2D eigenvalue weighted by molar-refractivity contribution is 5.18. The zero-order valence-electron chi connectivity index (χ0n) is 14.3. The van der Waals surface area contributed by atoms with Crippen molar-refractivity contribution in [2.75, 3.05) is 19.6 Å². The lowest BCUT2D eigenvalue weighted by molar-refractivity contribution is 0.175. The maximum absolute atomic E-state index is 5.09. The van der Waals surface area contributed by atoms with Gasteiger partial charge in [0.15, 0.2) is 5.82 Å². The number of likely N-dealkylation sites (N-methyl/N-ethyl adjacent to an activating group) is 1. The zero-order valence-corrected chi connectivity index (χ0v) is 14.3. The van der Waals surface area contributed by atoms with Crippen LogP contribution >= 0.6 is 0 Å². The van der Waals surface area contributed by atoms with Crippen LogP contribution in [0.25, 0.3) is 0 Å². The second-order valence-corrected chi connectivity index (χ2v) is 6.32. The molecular weight excluding hydrogens is 288 g/mol. The van der Waals surface area contributed by atoms with Crippen LogP contribution in [0.1, 0.15) is 43.6 Å². The summed E-state index contributed by atoms with van der Waals surface area (Å²) in [5.74, 6) is 1.43. The lowest BCUT2D eigenvalue weighted by Gasteiger charge is -2.28. The second kappa shape index (κ2) is 7.23. The van der Waals surface area contributed by atoms with Gasteiger partial charge in [0.05, 0.1) is 6.54 Å². The predicted octanol–water partition coefficient (Wildman–Crippen LogP) is 3.04. The van der Waals surface area contributed by atoms with Crippen molar-refractivity contribution in [3.8, 4) is 0 Å². The van der Waals surface area contributed by atoms with E-state index < -0.39 is 0 Å². The Morgan fingerprint density at radius 3 is 2.78 bits per heavy atom. The van der Waals surface area contributed by atoms with Crippen LogP contribution in [0.3, 0.4) is 0 Å². The third-order valence-corrected chi connectivity index (χ3v) is 4.86. The number of hydrogen-bond acceptors (Lipinski definition) is 5. The van der Waals surface area contributed by atoms with Crippen LogP contribution in [0.5, 0.6) is 0 Å². The summed E-state index contributed by atoms with van der Waals surface area (Å²) in [6.07, 6.45) is 1.20. The first-order valence-electron chi connectivity index (χ1n) is 8.49. The van der Waals surface area contributed by atoms with Gasteiger partial charge in [-0.15, -0.1) is 0 Å². The monoisotopic (exact) mass is 314 g/mol. The highest BCUT2D eigenvalue weighted by Crippen LogP contribution is 2.27. The molecule has 124 valence electrons. The smallest absolute Gasteiger partial charge is 0.223 e. The average molecular weight is 314 g/mol. The molecule has 1 fully saturated rings. The predicted molar refractivity (Wildman–Crippen MR) is 90.0 cm³/mol. The summed E-state index contributed by atoms with van der Waals surface area (Å²) in [6, 6.07) is 11.8. The van der Waals surface area contributed by atoms with Crippen molar-refractivity contribution in [2.45, 2.75) is 45.8 Å². The molecule has 1 aliphatic rings. The molecule has 0 saturated carbocycles. The number of hydrogen-bond donors (Lipinski definition) is 0. The first-order chi connectivity index (χ1) is 11.2. The molecule has 0 spiro atoms. The van der Waals surface area contributed by atoms with Gasteiger partial charge in [0.25, 0.3) is 0 Å². The summed E-state index contributed by atoms with van der Waals surface area (Å²) in [6.45, 7) is 10.4. The summed E-state index contributed by atoms with van der Waals surface area (Å²) in [7, 11) is 0. The van der Waals surface area contributed by atoms with Crippen LogP contribution < -0.4 is 0 Å². The molecule has 5 heteroatoms. The van der Waals surface area contributed by atoms with Gasteiger partial charge in [-0.1, -0.05) is 42.4 Å². The van der Waals surface area contributed by atoms with Crippen molar-refractivity contribution in [2.24, 2.45) is 0 Å². The Hall–Kier alpha value is -1.72. The maximum Gasteiger partial charge on any atom is 0.223 e. The topological polar surface area (TPSA) is 45.4 Å². The number of aromatic nitrogens is 2. The van der Waals surface area contributed by atoms with Gasteiger partial charge in [-0.25, -0.2) is 0 Å². The molecule has 1 saturated heterocycles. The molecule has 5 nitrogen and oxygen atoms in total. The van der Waals surface area contributed by atoms with Crippen LogP contribution in [0.2, 0.25) is 0 Å². The van der Waals surface area contributed by atoms with Gasteiger partial charge in [0.2, 0.25) is 5.89 Å². The zero-order chi connectivity index (χ0) is 16.2. The van der Waals surface area contributed by atoms with Crippen LogP contribution in [0, 0.1) is 6.92 Å². The van der Waals surface area contributed by atoms with E-state index in [1.54, 1.807) is 0 Å². The normalized spacial score (nSPS) is 20.3. The molecule has 1 aromatic heterocycles. The molecule has 2 aromatic rings. The molecule has 3 rings (SSSR count). The van der Waals surface area contributed by atoms with Crippen molar-refractivity contribution in [1.29, 1.82) is 0 Å². The third kappa shape index (κ3) is 3.79. The maximum atomic E-state index is 5.09. The van der Waals surface area contributed by atoms with Gasteiger partial charge in [-0.05, 0) is 25.5 Å². The molecule has 2 heterocycles. The van der Waals surface area contributed by atoms with E-state index >= 15 is 0 Å². The summed E-state index contributed by atoms with van der Waals surface area (Å²) in [4.78, 5) is 9.37. The lowest BCUT2D eigenvalue weighted by atomic mass is 10.1. The van der Waals surface area contributed by atoms with E-state index in [0.717, 1.165) is 32.0 Å². The molecule has 0 N–H and O–H groups in total. The number of aryl methyl sites for hydroxylation is 1.